The lowest BCUT2D eigenvalue weighted by molar-refractivity contribution is -0.137. The molecule has 0 aromatic heterocycles. The second-order valence-corrected chi connectivity index (χ2v) is 5.60. The van der Waals surface area contributed by atoms with Gasteiger partial charge in [-0.3, -0.25) is 4.79 Å². The van der Waals surface area contributed by atoms with E-state index < -0.39 is 5.97 Å². The molecule has 1 aliphatic carbocycles. The smallest absolute Gasteiger partial charge is 0.323 e. The first-order valence-corrected chi connectivity index (χ1v) is 6.67. The standard InChI is InChI=1S/C13H24N2O3/c1-9(2)7-15(8-12(16)17)13(18)14-10(3)11-5-4-6-11/h9-11H,4-8H2,1-3H3,(H,14,18)(H,16,17). The highest BCUT2D eigenvalue weighted by Gasteiger charge is 2.27. The van der Waals surface area contributed by atoms with Crippen LogP contribution in [0.15, 0.2) is 0 Å². The van der Waals surface area contributed by atoms with Gasteiger partial charge in [0.25, 0.3) is 0 Å². The Morgan fingerprint density at radius 3 is 2.33 bits per heavy atom. The van der Waals surface area contributed by atoms with Gasteiger partial charge in [-0.05, 0) is 31.6 Å². The van der Waals surface area contributed by atoms with Crippen LogP contribution in [0.2, 0.25) is 0 Å². The molecule has 1 unspecified atom stereocenters. The molecule has 1 fully saturated rings. The van der Waals surface area contributed by atoms with Gasteiger partial charge in [-0.25, -0.2) is 4.79 Å². The summed E-state index contributed by atoms with van der Waals surface area (Å²) in [6.07, 6.45) is 3.55. The summed E-state index contributed by atoms with van der Waals surface area (Å²) in [7, 11) is 0. The molecule has 5 heteroatoms. The molecule has 0 aromatic rings. The van der Waals surface area contributed by atoms with Crippen LogP contribution in [0.5, 0.6) is 0 Å². The van der Waals surface area contributed by atoms with Gasteiger partial charge in [-0.15, -0.1) is 0 Å². The van der Waals surface area contributed by atoms with Crippen LogP contribution in [0, 0.1) is 11.8 Å². The number of amides is 2. The van der Waals surface area contributed by atoms with Crippen molar-refractivity contribution in [3.8, 4) is 0 Å². The van der Waals surface area contributed by atoms with Crippen LogP contribution in [-0.4, -0.2) is 41.1 Å². The van der Waals surface area contributed by atoms with E-state index in [1.54, 1.807) is 0 Å². The summed E-state index contributed by atoms with van der Waals surface area (Å²) in [6, 6.07) is -0.125. The minimum Gasteiger partial charge on any atom is -0.480 e. The third-order valence-electron chi connectivity index (χ3n) is 3.41. The van der Waals surface area contributed by atoms with E-state index in [1.165, 1.54) is 11.3 Å². The average Bonchev–Trinajstić information content (AvgIpc) is 2.11. The molecule has 0 aromatic carbocycles. The molecule has 104 valence electrons. The van der Waals surface area contributed by atoms with Gasteiger partial charge >= 0.3 is 12.0 Å². The second kappa shape index (κ2) is 6.61. The van der Waals surface area contributed by atoms with Crippen LogP contribution in [-0.2, 0) is 4.79 Å². The molecule has 0 aliphatic heterocycles. The highest BCUT2D eigenvalue weighted by atomic mass is 16.4. The van der Waals surface area contributed by atoms with Crippen LogP contribution in [0.1, 0.15) is 40.0 Å². The summed E-state index contributed by atoms with van der Waals surface area (Å²) >= 11 is 0. The number of hydrogen-bond acceptors (Lipinski definition) is 2. The Hall–Kier alpha value is -1.26. The summed E-state index contributed by atoms with van der Waals surface area (Å²) in [5.74, 6) is -0.157. The van der Waals surface area contributed by atoms with Crippen LogP contribution >= 0.6 is 0 Å². The molecule has 18 heavy (non-hydrogen) atoms. The van der Waals surface area contributed by atoms with E-state index in [-0.39, 0.29) is 24.5 Å². The first-order chi connectivity index (χ1) is 8.40. The van der Waals surface area contributed by atoms with Crippen molar-refractivity contribution in [1.82, 2.24) is 10.2 Å². The lowest BCUT2D eigenvalue weighted by Crippen LogP contribution is -2.49. The Labute approximate surface area is 109 Å². The molecule has 1 atom stereocenters. The molecule has 0 radical (unpaired) electrons. The van der Waals surface area contributed by atoms with Gasteiger partial charge in [0.1, 0.15) is 6.54 Å². The quantitative estimate of drug-likeness (QED) is 0.763. The molecule has 1 saturated carbocycles. The predicted molar refractivity (Wildman–Crippen MR) is 69.4 cm³/mol. The molecular weight excluding hydrogens is 232 g/mol. The molecule has 0 saturated heterocycles. The third-order valence-corrected chi connectivity index (χ3v) is 3.41. The predicted octanol–water partition coefficient (Wildman–Crippen LogP) is 1.93. The van der Waals surface area contributed by atoms with Crippen LogP contribution in [0.4, 0.5) is 4.79 Å². The SMILES string of the molecule is CC(C)CN(CC(=O)O)C(=O)NC(C)C1CCC1. The maximum atomic E-state index is 12.0. The number of rotatable bonds is 6. The molecular formula is C13H24N2O3. The first kappa shape index (κ1) is 14.8. The van der Waals surface area contributed by atoms with E-state index in [4.69, 9.17) is 5.11 Å². The highest BCUT2D eigenvalue weighted by molar-refractivity contribution is 5.80. The number of carboxylic acid groups (broad SMARTS) is 1. The number of nitrogens with zero attached hydrogens (tertiary/aromatic N) is 1. The second-order valence-electron chi connectivity index (χ2n) is 5.60. The summed E-state index contributed by atoms with van der Waals surface area (Å²) in [4.78, 5) is 24.2. The zero-order chi connectivity index (χ0) is 13.7. The van der Waals surface area contributed by atoms with Gasteiger partial charge in [0.05, 0.1) is 0 Å². The van der Waals surface area contributed by atoms with E-state index in [0.717, 1.165) is 12.8 Å². The minimum atomic E-state index is -0.970. The molecule has 5 nitrogen and oxygen atoms in total. The number of carbonyl (C=O) groups excluding carboxylic acids is 1. The largest absolute Gasteiger partial charge is 0.480 e. The maximum Gasteiger partial charge on any atom is 0.323 e. The van der Waals surface area contributed by atoms with Crippen molar-refractivity contribution in [1.29, 1.82) is 0 Å². The monoisotopic (exact) mass is 256 g/mol. The summed E-state index contributed by atoms with van der Waals surface area (Å²) in [5, 5.41) is 11.7. The Morgan fingerprint density at radius 2 is 1.94 bits per heavy atom. The highest BCUT2D eigenvalue weighted by Crippen LogP contribution is 2.29. The zero-order valence-corrected chi connectivity index (χ0v) is 11.5. The Kier molecular flexibility index (Phi) is 5.44. The van der Waals surface area contributed by atoms with Gasteiger partial charge < -0.3 is 15.3 Å². The van der Waals surface area contributed by atoms with Crippen molar-refractivity contribution in [2.24, 2.45) is 11.8 Å². The molecule has 1 aliphatic rings. The van der Waals surface area contributed by atoms with E-state index in [9.17, 15) is 9.59 Å². The first-order valence-electron chi connectivity index (χ1n) is 6.67. The molecule has 0 spiro atoms. The van der Waals surface area contributed by atoms with Crippen LogP contribution in [0.3, 0.4) is 0 Å². The van der Waals surface area contributed by atoms with Crippen molar-refractivity contribution >= 4 is 12.0 Å². The number of urea groups is 1. The lowest BCUT2D eigenvalue weighted by atomic mass is 9.80. The van der Waals surface area contributed by atoms with E-state index in [1.807, 2.05) is 20.8 Å². The van der Waals surface area contributed by atoms with Gasteiger partial charge in [0.2, 0.25) is 0 Å². The maximum absolute atomic E-state index is 12.0. The van der Waals surface area contributed by atoms with E-state index in [0.29, 0.717) is 12.5 Å². The fourth-order valence-corrected chi connectivity index (χ4v) is 2.17. The molecule has 1 rings (SSSR count). The van der Waals surface area contributed by atoms with Gasteiger partial charge in [-0.1, -0.05) is 20.3 Å². The van der Waals surface area contributed by atoms with Crippen molar-refractivity contribution in [3.63, 3.8) is 0 Å². The van der Waals surface area contributed by atoms with E-state index >= 15 is 0 Å². The molecule has 2 amide bonds. The van der Waals surface area contributed by atoms with Crippen molar-refractivity contribution in [2.45, 2.75) is 46.1 Å². The Balaban J connectivity index is 2.48. The topological polar surface area (TPSA) is 69.6 Å². The van der Waals surface area contributed by atoms with Gasteiger partial charge in [0.15, 0.2) is 0 Å². The molecule has 2 N–H and O–H groups in total. The molecule has 0 bridgehead atoms. The van der Waals surface area contributed by atoms with Crippen LogP contribution in [0.25, 0.3) is 0 Å². The van der Waals surface area contributed by atoms with Crippen molar-refractivity contribution in [3.05, 3.63) is 0 Å². The zero-order valence-electron chi connectivity index (χ0n) is 11.5. The van der Waals surface area contributed by atoms with Crippen molar-refractivity contribution in [2.75, 3.05) is 13.1 Å². The Bertz CT molecular complexity index is 301. The summed E-state index contributed by atoms with van der Waals surface area (Å²) in [6.45, 7) is 6.17. The Morgan fingerprint density at radius 1 is 1.33 bits per heavy atom. The number of aliphatic carboxylic acids is 1. The van der Waals surface area contributed by atoms with Gasteiger partial charge in [0, 0.05) is 12.6 Å². The summed E-state index contributed by atoms with van der Waals surface area (Å²) in [5.41, 5.74) is 0. The normalized spacial score (nSPS) is 17.1. The molecule has 0 heterocycles. The van der Waals surface area contributed by atoms with Crippen LogP contribution < -0.4 is 5.32 Å². The summed E-state index contributed by atoms with van der Waals surface area (Å²) < 4.78 is 0. The minimum absolute atomic E-state index is 0.134. The number of nitrogens with one attached hydrogen (secondary N) is 1. The third kappa shape index (κ3) is 4.55. The number of carbonyl (C=O) groups is 2. The fraction of sp³-hybridized carbons (Fsp3) is 0.846. The average molecular weight is 256 g/mol. The fourth-order valence-electron chi connectivity index (χ4n) is 2.17. The lowest BCUT2D eigenvalue weighted by Gasteiger charge is -2.33. The van der Waals surface area contributed by atoms with Crippen molar-refractivity contribution < 1.29 is 14.7 Å². The van der Waals surface area contributed by atoms with E-state index in [2.05, 4.69) is 5.32 Å². The number of hydrogen-bond donors (Lipinski definition) is 2. The van der Waals surface area contributed by atoms with Gasteiger partial charge in [-0.2, -0.15) is 0 Å². The number of carboxylic acids is 1.